The number of fused-ring (bicyclic) bond motifs is 1. The number of hydrogen-bond donors (Lipinski definition) is 1. The largest absolute Gasteiger partial charge is 0.481 e. The predicted octanol–water partition coefficient (Wildman–Crippen LogP) is 2.59. The van der Waals surface area contributed by atoms with Gasteiger partial charge in [-0.3, -0.25) is 14.5 Å². The maximum atomic E-state index is 12.5. The Kier molecular flexibility index (Phi) is 4.75. The summed E-state index contributed by atoms with van der Waals surface area (Å²) in [5.41, 5.74) is 0. The van der Waals surface area contributed by atoms with Crippen molar-refractivity contribution in [2.24, 2.45) is 0 Å². The number of thiophene rings is 2. The lowest BCUT2D eigenvalue weighted by Gasteiger charge is -2.34. The van der Waals surface area contributed by atoms with Crippen LogP contribution in [0.15, 0.2) is 17.5 Å². The van der Waals surface area contributed by atoms with E-state index in [-0.39, 0.29) is 12.3 Å². The average molecular weight is 338 g/mol. The van der Waals surface area contributed by atoms with E-state index in [1.165, 1.54) is 9.40 Å². The Balaban J connectivity index is 1.51. The third-order valence-electron chi connectivity index (χ3n) is 3.87. The van der Waals surface area contributed by atoms with E-state index in [1.54, 1.807) is 22.7 Å². The van der Waals surface area contributed by atoms with Crippen LogP contribution in [0.4, 0.5) is 0 Å². The molecule has 1 fully saturated rings. The van der Waals surface area contributed by atoms with Gasteiger partial charge in [-0.05, 0) is 30.5 Å². The van der Waals surface area contributed by atoms with E-state index in [1.807, 2.05) is 16.3 Å². The summed E-state index contributed by atoms with van der Waals surface area (Å²) in [5, 5.41) is 10.7. The molecule has 3 heterocycles. The van der Waals surface area contributed by atoms with Gasteiger partial charge in [0, 0.05) is 42.0 Å². The van der Waals surface area contributed by atoms with Gasteiger partial charge in [-0.1, -0.05) is 0 Å². The number of carbonyl (C=O) groups is 2. The first kappa shape index (κ1) is 15.5. The Morgan fingerprint density at radius 2 is 1.95 bits per heavy atom. The Morgan fingerprint density at radius 1 is 1.18 bits per heavy atom. The zero-order valence-corrected chi connectivity index (χ0v) is 13.8. The van der Waals surface area contributed by atoms with Gasteiger partial charge in [0.05, 0.1) is 4.88 Å². The monoisotopic (exact) mass is 338 g/mol. The summed E-state index contributed by atoms with van der Waals surface area (Å²) in [6.45, 7) is 3.88. The zero-order valence-electron chi connectivity index (χ0n) is 12.2. The van der Waals surface area contributed by atoms with Crippen LogP contribution in [0.3, 0.4) is 0 Å². The van der Waals surface area contributed by atoms with Crippen molar-refractivity contribution in [1.29, 1.82) is 0 Å². The van der Waals surface area contributed by atoms with Crippen molar-refractivity contribution >= 4 is 43.9 Å². The molecule has 1 amide bonds. The van der Waals surface area contributed by atoms with Gasteiger partial charge in [-0.2, -0.15) is 0 Å². The molecule has 0 atom stereocenters. The molecular weight excluding hydrogens is 320 g/mol. The maximum Gasteiger partial charge on any atom is 0.303 e. The third-order valence-corrected chi connectivity index (χ3v) is 5.96. The van der Waals surface area contributed by atoms with Gasteiger partial charge in [0.15, 0.2) is 0 Å². The number of rotatable bonds is 5. The highest BCUT2D eigenvalue weighted by Gasteiger charge is 2.23. The number of carbonyl (C=O) groups excluding carboxylic acids is 1. The SMILES string of the molecule is O=C(O)CCCN1CCN(C(=O)c2cc3sccc3s2)CC1. The van der Waals surface area contributed by atoms with Crippen LogP contribution < -0.4 is 0 Å². The quantitative estimate of drug-likeness (QED) is 0.910. The molecular formula is C15H18N2O3S2. The minimum atomic E-state index is -0.744. The van der Waals surface area contributed by atoms with E-state index in [0.717, 1.165) is 37.6 Å². The van der Waals surface area contributed by atoms with Crippen molar-refractivity contribution in [3.63, 3.8) is 0 Å². The van der Waals surface area contributed by atoms with E-state index < -0.39 is 5.97 Å². The minimum Gasteiger partial charge on any atom is -0.481 e. The molecule has 2 aromatic heterocycles. The number of amides is 1. The molecule has 118 valence electrons. The van der Waals surface area contributed by atoms with Crippen molar-refractivity contribution in [3.8, 4) is 0 Å². The molecule has 22 heavy (non-hydrogen) atoms. The van der Waals surface area contributed by atoms with E-state index in [4.69, 9.17) is 5.11 Å². The van der Waals surface area contributed by atoms with Crippen LogP contribution in [0.25, 0.3) is 9.40 Å². The van der Waals surface area contributed by atoms with Gasteiger partial charge in [0.25, 0.3) is 5.91 Å². The Hall–Kier alpha value is -1.44. The fourth-order valence-electron chi connectivity index (χ4n) is 2.66. The summed E-state index contributed by atoms with van der Waals surface area (Å²) in [5.74, 6) is -0.620. The molecule has 2 aromatic rings. The summed E-state index contributed by atoms with van der Waals surface area (Å²) < 4.78 is 2.36. The first-order valence-corrected chi connectivity index (χ1v) is 9.03. The highest BCUT2D eigenvalue weighted by molar-refractivity contribution is 7.27. The second-order valence-electron chi connectivity index (χ2n) is 5.39. The van der Waals surface area contributed by atoms with Gasteiger partial charge in [-0.15, -0.1) is 22.7 Å². The topological polar surface area (TPSA) is 60.9 Å². The summed E-state index contributed by atoms with van der Waals surface area (Å²) in [7, 11) is 0. The van der Waals surface area contributed by atoms with Crippen LogP contribution in [0.5, 0.6) is 0 Å². The molecule has 0 aliphatic carbocycles. The molecule has 1 aliphatic rings. The van der Waals surface area contributed by atoms with Crippen LogP contribution in [-0.2, 0) is 4.79 Å². The standard InChI is InChI=1S/C15H18N2O3S2/c18-14(19)2-1-4-16-5-7-17(8-6-16)15(20)13-10-12-11(22-13)3-9-21-12/h3,9-10H,1-2,4-8H2,(H,18,19). The third kappa shape index (κ3) is 3.48. The van der Waals surface area contributed by atoms with Crippen LogP contribution in [0.1, 0.15) is 22.5 Å². The van der Waals surface area contributed by atoms with Crippen LogP contribution in [0, 0.1) is 0 Å². The summed E-state index contributed by atoms with van der Waals surface area (Å²) >= 11 is 3.23. The van der Waals surface area contributed by atoms with Crippen LogP contribution in [-0.4, -0.2) is 59.5 Å². The smallest absolute Gasteiger partial charge is 0.303 e. The molecule has 0 bridgehead atoms. The number of nitrogens with zero attached hydrogens (tertiary/aromatic N) is 2. The number of aliphatic carboxylic acids is 1. The van der Waals surface area contributed by atoms with Crippen LogP contribution in [0.2, 0.25) is 0 Å². The Morgan fingerprint density at radius 3 is 2.64 bits per heavy atom. The van der Waals surface area contributed by atoms with E-state index >= 15 is 0 Å². The zero-order chi connectivity index (χ0) is 15.5. The molecule has 0 aromatic carbocycles. The van der Waals surface area contributed by atoms with Gasteiger partial charge in [0.1, 0.15) is 0 Å². The highest BCUT2D eigenvalue weighted by Crippen LogP contribution is 2.30. The predicted molar refractivity (Wildman–Crippen MR) is 88.9 cm³/mol. The van der Waals surface area contributed by atoms with Gasteiger partial charge in [-0.25, -0.2) is 0 Å². The number of piperazine rings is 1. The second kappa shape index (κ2) is 6.76. The van der Waals surface area contributed by atoms with Crippen molar-refractivity contribution < 1.29 is 14.7 Å². The molecule has 7 heteroatoms. The highest BCUT2D eigenvalue weighted by atomic mass is 32.1. The second-order valence-corrected chi connectivity index (χ2v) is 7.42. The molecule has 5 nitrogen and oxygen atoms in total. The molecule has 1 aliphatic heterocycles. The van der Waals surface area contributed by atoms with Crippen LogP contribution >= 0.6 is 22.7 Å². The van der Waals surface area contributed by atoms with Gasteiger partial charge in [0.2, 0.25) is 0 Å². The van der Waals surface area contributed by atoms with E-state index in [9.17, 15) is 9.59 Å². The van der Waals surface area contributed by atoms with Crippen molar-refractivity contribution in [1.82, 2.24) is 9.80 Å². The summed E-state index contributed by atoms with van der Waals surface area (Å²) in [6, 6.07) is 4.05. The van der Waals surface area contributed by atoms with Crippen molar-refractivity contribution in [2.75, 3.05) is 32.7 Å². The molecule has 0 saturated carbocycles. The lowest BCUT2D eigenvalue weighted by atomic mass is 10.2. The molecule has 0 spiro atoms. The molecule has 3 rings (SSSR count). The van der Waals surface area contributed by atoms with Gasteiger partial charge >= 0.3 is 5.97 Å². The fourth-order valence-corrected chi connectivity index (χ4v) is 4.73. The first-order chi connectivity index (χ1) is 10.6. The normalized spacial score (nSPS) is 16.3. The van der Waals surface area contributed by atoms with Crippen molar-refractivity contribution in [2.45, 2.75) is 12.8 Å². The number of carboxylic acid groups (broad SMARTS) is 1. The number of carboxylic acids is 1. The lowest BCUT2D eigenvalue weighted by Crippen LogP contribution is -2.48. The van der Waals surface area contributed by atoms with Crippen molar-refractivity contribution in [3.05, 3.63) is 22.4 Å². The summed E-state index contributed by atoms with van der Waals surface area (Å²) in [6.07, 6.45) is 0.884. The molecule has 1 saturated heterocycles. The maximum absolute atomic E-state index is 12.5. The number of hydrogen-bond acceptors (Lipinski definition) is 5. The fraction of sp³-hybridized carbons (Fsp3) is 0.467. The first-order valence-electron chi connectivity index (χ1n) is 7.34. The van der Waals surface area contributed by atoms with Gasteiger partial charge < -0.3 is 10.0 Å². The average Bonchev–Trinajstić information content (AvgIpc) is 3.08. The molecule has 0 radical (unpaired) electrons. The van der Waals surface area contributed by atoms with E-state index in [2.05, 4.69) is 11.0 Å². The van der Waals surface area contributed by atoms with E-state index in [0.29, 0.717) is 6.42 Å². The molecule has 0 unspecified atom stereocenters. The summed E-state index contributed by atoms with van der Waals surface area (Å²) in [4.78, 5) is 28.0. The Bertz CT molecular complexity index is 643. The minimum absolute atomic E-state index is 0.124. The lowest BCUT2D eigenvalue weighted by molar-refractivity contribution is -0.137. The Labute approximate surface area is 136 Å². The molecule has 1 N–H and O–H groups in total.